The van der Waals surface area contributed by atoms with Crippen LogP contribution in [0.3, 0.4) is 0 Å². The molecule has 0 saturated heterocycles. The number of ether oxygens (including phenoxy) is 1. The minimum Gasteiger partial charge on any atom is -0.495 e. The fourth-order valence-corrected chi connectivity index (χ4v) is 3.23. The Kier molecular flexibility index (Phi) is 4.30. The quantitative estimate of drug-likeness (QED) is 0.853. The first-order valence-corrected chi connectivity index (χ1v) is 7.42. The first-order chi connectivity index (χ1) is 8.60. The van der Waals surface area contributed by atoms with E-state index in [1.54, 1.807) is 18.4 Å². The van der Waals surface area contributed by atoms with Crippen molar-refractivity contribution in [3.63, 3.8) is 0 Å². The Morgan fingerprint density at radius 2 is 2.11 bits per heavy atom. The Morgan fingerprint density at radius 1 is 1.33 bits per heavy atom. The molecule has 2 nitrogen and oxygen atoms in total. The van der Waals surface area contributed by atoms with Gasteiger partial charge >= 0.3 is 0 Å². The molecule has 0 fully saturated rings. The van der Waals surface area contributed by atoms with E-state index in [4.69, 9.17) is 4.74 Å². The van der Waals surface area contributed by atoms with Gasteiger partial charge in [0.2, 0.25) is 0 Å². The number of hydrogen-bond acceptors (Lipinski definition) is 3. The summed E-state index contributed by atoms with van der Waals surface area (Å²) in [4.78, 5) is 1.30. The molecule has 0 aliphatic carbocycles. The standard InChI is InChI=1S/C14H16BrNOS/c1-9-4-5-12(13(6-9)17-3)16-10(2)14-7-11(15)8-18-14/h4-8,10,16H,1-3H3. The minimum atomic E-state index is 0.262. The van der Waals surface area contributed by atoms with E-state index in [0.29, 0.717) is 0 Å². The lowest BCUT2D eigenvalue weighted by Crippen LogP contribution is -2.06. The second-order valence-corrected chi connectivity index (χ2v) is 6.10. The number of methoxy groups -OCH3 is 1. The maximum atomic E-state index is 5.40. The Labute approximate surface area is 120 Å². The number of halogens is 1. The summed E-state index contributed by atoms with van der Waals surface area (Å²) in [6.45, 7) is 4.21. The number of rotatable bonds is 4. The largest absolute Gasteiger partial charge is 0.495 e. The molecule has 0 spiro atoms. The predicted octanol–water partition coefficient (Wildman–Crippen LogP) is 5.00. The van der Waals surface area contributed by atoms with Gasteiger partial charge in [-0.3, -0.25) is 0 Å². The number of anilines is 1. The lowest BCUT2D eigenvalue weighted by Gasteiger charge is -2.16. The van der Waals surface area contributed by atoms with E-state index in [2.05, 4.69) is 58.7 Å². The van der Waals surface area contributed by atoms with Gasteiger partial charge in [0.05, 0.1) is 18.8 Å². The maximum Gasteiger partial charge on any atom is 0.142 e. The highest BCUT2D eigenvalue weighted by molar-refractivity contribution is 9.10. The molecule has 0 radical (unpaired) electrons. The van der Waals surface area contributed by atoms with E-state index in [1.165, 1.54) is 10.4 Å². The normalized spacial score (nSPS) is 12.2. The van der Waals surface area contributed by atoms with Crippen LogP contribution in [0.2, 0.25) is 0 Å². The average molecular weight is 326 g/mol. The van der Waals surface area contributed by atoms with Gasteiger partial charge in [0, 0.05) is 14.7 Å². The van der Waals surface area contributed by atoms with Gasteiger partial charge in [-0.1, -0.05) is 6.07 Å². The summed E-state index contributed by atoms with van der Waals surface area (Å²) in [5.41, 5.74) is 2.23. The third-order valence-electron chi connectivity index (χ3n) is 2.74. The molecule has 0 aliphatic rings. The molecule has 0 bridgehead atoms. The summed E-state index contributed by atoms with van der Waals surface area (Å²) in [7, 11) is 1.70. The summed E-state index contributed by atoms with van der Waals surface area (Å²) in [6, 6.07) is 8.59. The van der Waals surface area contributed by atoms with Crippen LogP contribution < -0.4 is 10.1 Å². The molecule has 1 N–H and O–H groups in total. The zero-order valence-corrected chi connectivity index (χ0v) is 13.1. The van der Waals surface area contributed by atoms with Gasteiger partial charge in [-0.25, -0.2) is 0 Å². The van der Waals surface area contributed by atoms with Gasteiger partial charge < -0.3 is 10.1 Å². The van der Waals surface area contributed by atoms with Crippen molar-refractivity contribution in [1.82, 2.24) is 0 Å². The Morgan fingerprint density at radius 3 is 2.72 bits per heavy atom. The molecule has 2 aromatic rings. The van der Waals surface area contributed by atoms with Gasteiger partial charge in [-0.15, -0.1) is 11.3 Å². The molecule has 0 aliphatic heterocycles. The van der Waals surface area contributed by atoms with Crippen molar-refractivity contribution in [2.75, 3.05) is 12.4 Å². The molecule has 0 saturated carbocycles. The summed E-state index contributed by atoms with van der Waals surface area (Å²) in [6.07, 6.45) is 0. The Balaban J connectivity index is 2.18. The van der Waals surface area contributed by atoms with Gasteiger partial charge in [-0.05, 0) is 53.5 Å². The monoisotopic (exact) mass is 325 g/mol. The first kappa shape index (κ1) is 13.4. The van der Waals surface area contributed by atoms with Crippen molar-refractivity contribution in [3.8, 4) is 5.75 Å². The van der Waals surface area contributed by atoms with Crippen LogP contribution in [0.4, 0.5) is 5.69 Å². The molecular formula is C14H16BrNOS. The molecular weight excluding hydrogens is 310 g/mol. The smallest absolute Gasteiger partial charge is 0.142 e. The highest BCUT2D eigenvalue weighted by Crippen LogP contribution is 2.32. The molecule has 4 heteroatoms. The van der Waals surface area contributed by atoms with Crippen molar-refractivity contribution in [3.05, 3.63) is 44.6 Å². The number of aryl methyl sites for hydroxylation is 1. The van der Waals surface area contributed by atoms with E-state index in [1.807, 2.05) is 6.07 Å². The van der Waals surface area contributed by atoms with Crippen LogP contribution in [-0.2, 0) is 0 Å². The van der Waals surface area contributed by atoms with Crippen LogP contribution in [0.15, 0.2) is 34.1 Å². The fourth-order valence-electron chi connectivity index (χ4n) is 1.78. The summed E-state index contributed by atoms with van der Waals surface area (Å²) >= 11 is 5.22. The zero-order chi connectivity index (χ0) is 13.1. The summed E-state index contributed by atoms with van der Waals surface area (Å²) in [5, 5.41) is 5.58. The maximum absolute atomic E-state index is 5.40. The number of hydrogen-bond donors (Lipinski definition) is 1. The van der Waals surface area contributed by atoms with Crippen molar-refractivity contribution in [1.29, 1.82) is 0 Å². The van der Waals surface area contributed by atoms with E-state index < -0.39 is 0 Å². The van der Waals surface area contributed by atoms with Crippen LogP contribution in [0.5, 0.6) is 5.75 Å². The molecule has 0 amide bonds. The van der Waals surface area contributed by atoms with Crippen molar-refractivity contribution in [2.45, 2.75) is 19.9 Å². The number of benzene rings is 1. The van der Waals surface area contributed by atoms with E-state index in [-0.39, 0.29) is 6.04 Å². The third-order valence-corrected chi connectivity index (χ3v) is 4.62. The van der Waals surface area contributed by atoms with Crippen LogP contribution in [0.25, 0.3) is 0 Å². The predicted molar refractivity (Wildman–Crippen MR) is 81.8 cm³/mol. The lowest BCUT2D eigenvalue weighted by molar-refractivity contribution is 0.416. The second kappa shape index (κ2) is 5.76. The van der Waals surface area contributed by atoms with Gasteiger partial charge in [0.25, 0.3) is 0 Å². The molecule has 1 unspecified atom stereocenters. The molecule has 1 aromatic carbocycles. The molecule has 96 valence electrons. The first-order valence-electron chi connectivity index (χ1n) is 5.75. The Hall–Kier alpha value is -1.000. The molecule has 2 rings (SSSR count). The van der Waals surface area contributed by atoms with Gasteiger partial charge in [0.1, 0.15) is 5.75 Å². The van der Waals surface area contributed by atoms with E-state index >= 15 is 0 Å². The highest BCUT2D eigenvalue weighted by atomic mass is 79.9. The van der Waals surface area contributed by atoms with Crippen LogP contribution in [0.1, 0.15) is 23.4 Å². The number of nitrogens with one attached hydrogen (secondary N) is 1. The van der Waals surface area contributed by atoms with Crippen LogP contribution >= 0.6 is 27.3 Å². The number of thiophene rings is 1. The van der Waals surface area contributed by atoms with Crippen molar-refractivity contribution < 1.29 is 4.74 Å². The SMILES string of the molecule is COc1cc(C)ccc1NC(C)c1cc(Br)cs1. The second-order valence-electron chi connectivity index (χ2n) is 4.24. The van der Waals surface area contributed by atoms with Gasteiger partial charge in [0.15, 0.2) is 0 Å². The molecule has 1 atom stereocenters. The molecule has 1 heterocycles. The van der Waals surface area contributed by atoms with Crippen LogP contribution in [-0.4, -0.2) is 7.11 Å². The third kappa shape index (κ3) is 3.06. The zero-order valence-electron chi connectivity index (χ0n) is 10.7. The van der Waals surface area contributed by atoms with E-state index in [9.17, 15) is 0 Å². The minimum absolute atomic E-state index is 0.262. The lowest BCUT2D eigenvalue weighted by atomic mass is 10.2. The fraction of sp³-hybridized carbons (Fsp3) is 0.286. The topological polar surface area (TPSA) is 21.3 Å². The van der Waals surface area contributed by atoms with Crippen molar-refractivity contribution >= 4 is 33.0 Å². The summed E-state index contributed by atoms with van der Waals surface area (Å²) in [5.74, 6) is 0.887. The average Bonchev–Trinajstić information content (AvgIpc) is 2.78. The van der Waals surface area contributed by atoms with Crippen LogP contribution in [0, 0.1) is 6.92 Å². The van der Waals surface area contributed by atoms with Crippen molar-refractivity contribution in [2.24, 2.45) is 0 Å². The Bertz CT molecular complexity index is 538. The summed E-state index contributed by atoms with van der Waals surface area (Å²) < 4.78 is 6.53. The highest BCUT2D eigenvalue weighted by Gasteiger charge is 2.10. The molecule has 18 heavy (non-hydrogen) atoms. The van der Waals surface area contributed by atoms with Gasteiger partial charge in [-0.2, -0.15) is 0 Å². The van der Waals surface area contributed by atoms with E-state index in [0.717, 1.165) is 15.9 Å². The molecule has 1 aromatic heterocycles.